The van der Waals surface area contributed by atoms with Gasteiger partial charge in [-0.15, -0.1) is 0 Å². The molecule has 0 N–H and O–H groups in total. The number of benzene rings is 4. The Morgan fingerprint density at radius 2 is 1.18 bits per heavy atom. The molecule has 10 rings (SSSR count). The van der Waals surface area contributed by atoms with Crippen LogP contribution in [-0.2, 0) is 0 Å². The van der Waals surface area contributed by atoms with Gasteiger partial charge in [-0.1, -0.05) is 158 Å². The highest BCUT2D eigenvalue weighted by Gasteiger charge is 2.28. The van der Waals surface area contributed by atoms with Gasteiger partial charge in [0.1, 0.15) is 5.82 Å². The second-order valence-electron chi connectivity index (χ2n) is 14.8. The fraction of sp³-hybridized carbons (Fsp3) is 0.118. The van der Waals surface area contributed by atoms with Gasteiger partial charge in [-0.25, -0.2) is 19.9 Å². The van der Waals surface area contributed by atoms with Gasteiger partial charge < -0.3 is 0 Å². The van der Waals surface area contributed by atoms with Crippen LogP contribution in [0.5, 0.6) is 0 Å². The van der Waals surface area contributed by atoms with Gasteiger partial charge in [0.2, 0.25) is 0 Å². The van der Waals surface area contributed by atoms with Gasteiger partial charge in [0.25, 0.3) is 0 Å². The quantitative estimate of drug-likeness (QED) is 0.165. The molecule has 0 radical (unpaired) electrons. The minimum Gasteiger partial charge on any atom is -0.276 e. The summed E-state index contributed by atoms with van der Waals surface area (Å²) in [6.45, 7) is 0. The predicted octanol–water partition coefficient (Wildman–Crippen LogP) is 11.4. The van der Waals surface area contributed by atoms with Gasteiger partial charge >= 0.3 is 0 Å². The lowest BCUT2D eigenvalue weighted by molar-refractivity contribution is 0.679. The average Bonchev–Trinajstić information content (AvgIpc) is 3.29. The summed E-state index contributed by atoms with van der Waals surface area (Å²) in [4.78, 5) is 26.3. The van der Waals surface area contributed by atoms with Crippen molar-refractivity contribution < 1.29 is 0 Å². The third-order valence-corrected chi connectivity index (χ3v) is 11.1. The van der Waals surface area contributed by atoms with E-state index >= 15 is 0 Å². The minimum absolute atomic E-state index is 0.0958. The van der Waals surface area contributed by atoms with Crippen LogP contribution in [0.3, 0.4) is 0 Å². The van der Waals surface area contributed by atoms with Gasteiger partial charge in [0.15, 0.2) is 11.6 Å². The molecule has 0 saturated carbocycles. The third kappa shape index (κ3) is 6.84. The van der Waals surface area contributed by atoms with Gasteiger partial charge in [-0.3, -0.25) is 4.99 Å². The molecule has 5 heteroatoms. The van der Waals surface area contributed by atoms with Crippen molar-refractivity contribution in [1.82, 2.24) is 19.9 Å². The number of pyridine rings is 1. The molecule has 3 heterocycles. The van der Waals surface area contributed by atoms with Crippen LogP contribution >= 0.6 is 0 Å². The van der Waals surface area contributed by atoms with E-state index in [2.05, 4.69) is 164 Å². The maximum absolute atomic E-state index is 5.40. The minimum atomic E-state index is -0.101. The van der Waals surface area contributed by atoms with E-state index in [1.807, 2.05) is 24.3 Å². The highest BCUT2D eigenvalue weighted by molar-refractivity contribution is 6.12. The van der Waals surface area contributed by atoms with E-state index in [9.17, 15) is 0 Å². The average molecular weight is 722 g/mol. The molecule has 0 spiro atoms. The van der Waals surface area contributed by atoms with Gasteiger partial charge in [-0.05, 0) is 76.6 Å². The fourth-order valence-corrected chi connectivity index (χ4v) is 8.16. The Labute approximate surface area is 327 Å². The molecule has 0 saturated heterocycles. The molecule has 0 amide bonds. The molecule has 4 aliphatic rings. The first-order valence-electron chi connectivity index (χ1n) is 19.4. The second-order valence-corrected chi connectivity index (χ2v) is 14.8. The lowest BCUT2D eigenvalue weighted by Crippen LogP contribution is -2.22. The van der Waals surface area contributed by atoms with Crippen molar-refractivity contribution in [2.75, 3.05) is 0 Å². The van der Waals surface area contributed by atoms with Crippen LogP contribution < -0.4 is 0 Å². The second kappa shape index (κ2) is 14.8. The number of nitrogens with zero attached hydrogens (tertiary/aromatic N) is 5. The standard InChI is InChI=1S/C51H39N5/c1-4-14-34(15-5-1)39-28-41(47-26-24-36-18-10-12-22-45(36)52-47)32-43(30-39)50-54-49(38-20-8-3-9-21-38)55-51(56-50)44-31-40(35-16-6-2-7-17-35)29-42(33-44)48-27-25-37-19-11-13-23-46(37)53-48/h1-29,32-33,36,40,43,45H,30-31H2/t36?,40-,43?,45?/m0/s1. The van der Waals surface area contributed by atoms with Crippen molar-refractivity contribution in [2.24, 2.45) is 10.9 Å². The highest BCUT2D eigenvalue weighted by Crippen LogP contribution is 2.41. The Bertz CT molecular complexity index is 2700. The van der Waals surface area contributed by atoms with E-state index in [0.29, 0.717) is 11.6 Å². The zero-order valence-electron chi connectivity index (χ0n) is 30.9. The first kappa shape index (κ1) is 33.7. The SMILES string of the molecule is C1=CC2C=CC(C3=CC(c4nc(C5=CC(c6ccc7ccccc7n6)=C[C@H](c6ccccc6)C5)nc(-c5ccccc5)n4)CC(c4ccccc4)=C3)=NC2C=C1. The topological polar surface area (TPSA) is 63.9 Å². The van der Waals surface area contributed by atoms with Crippen molar-refractivity contribution >= 4 is 33.3 Å². The molecule has 4 aromatic carbocycles. The molecular weight excluding hydrogens is 683 g/mol. The zero-order valence-corrected chi connectivity index (χ0v) is 30.9. The molecule has 0 fully saturated rings. The summed E-state index contributed by atoms with van der Waals surface area (Å²) in [7, 11) is 0. The monoisotopic (exact) mass is 721 g/mol. The number of allylic oxidation sites excluding steroid dienone is 11. The maximum atomic E-state index is 5.40. The molecule has 4 atom stereocenters. The largest absolute Gasteiger partial charge is 0.276 e. The molecule has 5 nitrogen and oxygen atoms in total. The van der Waals surface area contributed by atoms with Crippen LogP contribution in [0.25, 0.3) is 39.0 Å². The van der Waals surface area contributed by atoms with E-state index in [-0.39, 0.29) is 23.8 Å². The Balaban J connectivity index is 1.11. The zero-order chi connectivity index (χ0) is 37.3. The van der Waals surface area contributed by atoms with E-state index in [1.165, 1.54) is 16.7 Å². The molecule has 1 aliphatic heterocycles. The summed E-state index contributed by atoms with van der Waals surface area (Å²) >= 11 is 0. The number of aliphatic imine (C=N–C) groups is 1. The van der Waals surface area contributed by atoms with Crippen LogP contribution in [0.1, 0.15) is 53.1 Å². The number of dihydropyridines is 1. The van der Waals surface area contributed by atoms with E-state index in [0.717, 1.165) is 63.3 Å². The van der Waals surface area contributed by atoms with Crippen molar-refractivity contribution in [3.63, 3.8) is 0 Å². The smallest absolute Gasteiger partial charge is 0.163 e. The van der Waals surface area contributed by atoms with Crippen LogP contribution in [0.2, 0.25) is 0 Å². The summed E-state index contributed by atoms with van der Waals surface area (Å²) in [5.74, 6) is 2.43. The summed E-state index contributed by atoms with van der Waals surface area (Å²) in [5, 5.41) is 1.12. The molecule has 0 bridgehead atoms. The van der Waals surface area contributed by atoms with E-state index in [1.54, 1.807) is 0 Å². The van der Waals surface area contributed by atoms with Crippen molar-refractivity contribution in [1.29, 1.82) is 0 Å². The Kier molecular flexibility index (Phi) is 8.88. The third-order valence-electron chi connectivity index (χ3n) is 11.1. The molecule has 3 aliphatic carbocycles. The summed E-state index contributed by atoms with van der Waals surface area (Å²) < 4.78 is 0. The molecule has 2 aromatic heterocycles. The van der Waals surface area contributed by atoms with Crippen LogP contribution in [0.15, 0.2) is 199 Å². The van der Waals surface area contributed by atoms with Crippen LogP contribution in [0, 0.1) is 5.92 Å². The van der Waals surface area contributed by atoms with E-state index in [4.69, 9.17) is 24.9 Å². The lowest BCUT2D eigenvalue weighted by atomic mass is 9.83. The fourth-order valence-electron chi connectivity index (χ4n) is 8.16. The normalized spacial score (nSPS) is 21.4. The number of hydrogen-bond acceptors (Lipinski definition) is 5. The molecular formula is C51H39N5. The number of fused-ring (bicyclic) bond motifs is 2. The Morgan fingerprint density at radius 1 is 0.500 bits per heavy atom. The van der Waals surface area contributed by atoms with Gasteiger partial charge in [0, 0.05) is 28.7 Å². The first-order valence-corrected chi connectivity index (χ1v) is 19.4. The number of rotatable bonds is 7. The molecule has 6 aromatic rings. The Hall–Kier alpha value is -6.85. The molecule has 3 unspecified atom stereocenters. The van der Waals surface area contributed by atoms with Crippen molar-refractivity contribution in [2.45, 2.75) is 30.7 Å². The summed E-state index contributed by atoms with van der Waals surface area (Å²) in [6.07, 6.45) is 23.8. The summed E-state index contributed by atoms with van der Waals surface area (Å²) in [5.41, 5.74) is 10.8. The number of para-hydroxylation sites is 1. The van der Waals surface area contributed by atoms with Crippen LogP contribution in [0.4, 0.5) is 0 Å². The van der Waals surface area contributed by atoms with Crippen LogP contribution in [-0.4, -0.2) is 31.7 Å². The van der Waals surface area contributed by atoms with Gasteiger partial charge in [-0.2, -0.15) is 0 Å². The number of aromatic nitrogens is 4. The maximum Gasteiger partial charge on any atom is 0.163 e. The molecule has 56 heavy (non-hydrogen) atoms. The lowest BCUT2D eigenvalue weighted by Gasteiger charge is -2.26. The number of hydrogen-bond donors (Lipinski definition) is 0. The Morgan fingerprint density at radius 3 is 2.02 bits per heavy atom. The molecule has 268 valence electrons. The first-order chi connectivity index (χ1) is 27.7. The predicted molar refractivity (Wildman–Crippen MR) is 229 cm³/mol. The van der Waals surface area contributed by atoms with Crippen molar-refractivity contribution in [3.8, 4) is 11.4 Å². The van der Waals surface area contributed by atoms with Gasteiger partial charge in [0.05, 0.1) is 23.0 Å². The highest BCUT2D eigenvalue weighted by atomic mass is 15.0. The summed E-state index contributed by atoms with van der Waals surface area (Å²) in [6, 6.07) is 44.3. The van der Waals surface area contributed by atoms with Crippen molar-refractivity contribution in [3.05, 3.63) is 222 Å². The van der Waals surface area contributed by atoms with E-state index < -0.39 is 0 Å².